The van der Waals surface area contributed by atoms with E-state index in [2.05, 4.69) is 63.2 Å². The molecule has 212 valence electrons. The molecule has 0 atom stereocenters. The van der Waals surface area contributed by atoms with Crippen LogP contribution in [0.3, 0.4) is 0 Å². The summed E-state index contributed by atoms with van der Waals surface area (Å²) < 4.78 is 23.7. The van der Waals surface area contributed by atoms with E-state index in [-0.39, 0.29) is 5.78 Å². The van der Waals surface area contributed by atoms with Crippen molar-refractivity contribution in [2.75, 3.05) is 77.0 Å². The fourth-order valence-electron chi connectivity index (χ4n) is 4.61. The number of benzene rings is 2. The highest BCUT2D eigenvalue weighted by Crippen LogP contribution is 2.48. The van der Waals surface area contributed by atoms with Gasteiger partial charge in [0.15, 0.2) is 5.78 Å². The average Bonchev–Trinajstić information content (AvgIpc) is 2.90. The van der Waals surface area contributed by atoms with Crippen molar-refractivity contribution in [2.24, 2.45) is 0 Å². The predicted molar refractivity (Wildman–Crippen MR) is 164 cm³/mol. The average molecular weight is 554 g/mol. The Morgan fingerprint density at radius 1 is 0.769 bits per heavy atom. The Balaban J connectivity index is 1.79. The molecule has 39 heavy (non-hydrogen) atoms. The highest BCUT2D eigenvalue weighted by atomic mass is 31.2. The molecule has 0 amide bonds. The molecule has 1 aliphatic rings. The maximum absolute atomic E-state index is 13.6. The maximum atomic E-state index is 13.6. The fraction of sp³-hybridized carbons (Fsp3) is 0.452. The monoisotopic (exact) mass is 553 g/mol. The number of carbonyl (C=O) groups is 1. The van der Waals surface area contributed by atoms with E-state index < -0.39 is 7.60 Å². The van der Waals surface area contributed by atoms with Gasteiger partial charge in [-0.2, -0.15) is 0 Å². The Morgan fingerprint density at radius 3 is 1.59 bits per heavy atom. The van der Waals surface area contributed by atoms with Crippen LogP contribution < -0.4 is 9.80 Å². The van der Waals surface area contributed by atoms with Crippen LogP contribution >= 0.6 is 7.60 Å². The van der Waals surface area contributed by atoms with Gasteiger partial charge in [-0.1, -0.05) is 24.3 Å². The van der Waals surface area contributed by atoms with Crippen LogP contribution in [0.2, 0.25) is 0 Å². The van der Waals surface area contributed by atoms with E-state index in [1.807, 2.05) is 54.2 Å². The fourth-order valence-corrected chi connectivity index (χ4v) is 6.34. The van der Waals surface area contributed by atoms with Crippen LogP contribution in [0.1, 0.15) is 37.8 Å². The van der Waals surface area contributed by atoms with Crippen molar-refractivity contribution in [1.29, 1.82) is 0 Å². The van der Waals surface area contributed by atoms with Gasteiger partial charge < -0.3 is 18.8 Å². The van der Waals surface area contributed by atoms with Crippen LogP contribution in [-0.4, -0.2) is 77.9 Å². The summed E-state index contributed by atoms with van der Waals surface area (Å²) in [5.41, 5.74) is 5.82. The van der Waals surface area contributed by atoms with Crippen LogP contribution in [0.5, 0.6) is 0 Å². The Kier molecular flexibility index (Phi) is 11.6. The Morgan fingerprint density at radius 2 is 1.21 bits per heavy atom. The van der Waals surface area contributed by atoms with Gasteiger partial charge in [0, 0.05) is 63.8 Å². The number of hydrogen-bond acceptors (Lipinski definition) is 7. The summed E-state index contributed by atoms with van der Waals surface area (Å²) in [4.78, 5) is 20.0. The second-order valence-corrected chi connectivity index (χ2v) is 12.4. The van der Waals surface area contributed by atoms with E-state index in [0.717, 1.165) is 53.0 Å². The molecule has 0 bridgehead atoms. The van der Waals surface area contributed by atoms with E-state index in [1.165, 1.54) is 0 Å². The van der Waals surface area contributed by atoms with Crippen molar-refractivity contribution in [3.05, 3.63) is 70.8 Å². The molecule has 0 radical (unpaired) electrons. The summed E-state index contributed by atoms with van der Waals surface area (Å²) in [5, 5.41) is 0. The molecule has 0 aliphatic carbocycles. The second kappa shape index (κ2) is 14.6. The zero-order valence-electron chi connectivity index (χ0n) is 24.4. The molecule has 0 N–H and O–H groups in total. The second-order valence-electron chi connectivity index (χ2n) is 10.2. The Hall–Kier alpha value is -2.70. The molecule has 0 saturated carbocycles. The molecule has 1 saturated heterocycles. The first-order chi connectivity index (χ1) is 18.6. The van der Waals surface area contributed by atoms with Crippen LogP contribution in [-0.2, 0) is 18.4 Å². The molecular formula is C31H44N3O4P. The van der Waals surface area contributed by atoms with Gasteiger partial charge in [-0.25, -0.2) is 0 Å². The molecule has 0 aromatic heterocycles. The lowest BCUT2D eigenvalue weighted by atomic mass is 9.94. The highest BCUT2D eigenvalue weighted by Gasteiger charge is 2.27. The zero-order chi connectivity index (χ0) is 28.4. The van der Waals surface area contributed by atoms with E-state index in [9.17, 15) is 9.36 Å². The molecule has 1 aliphatic heterocycles. The normalized spacial score (nSPS) is 16.7. The molecule has 2 aromatic rings. The molecule has 0 spiro atoms. The molecule has 0 unspecified atom stereocenters. The lowest BCUT2D eigenvalue weighted by Crippen LogP contribution is -2.38. The number of anilines is 2. The molecular weight excluding hydrogens is 509 g/mol. The number of rotatable bonds is 13. The topological polar surface area (TPSA) is 62.3 Å². The third-order valence-corrected chi connectivity index (χ3v) is 8.85. The van der Waals surface area contributed by atoms with Crippen molar-refractivity contribution in [3.8, 4) is 0 Å². The zero-order valence-corrected chi connectivity index (χ0v) is 25.2. The van der Waals surface area contributed by atoms with E-state index in [4.69, 9.17) is 9.05 Å². The summed E-state index contributed by atoms with van der Waals surface area (Å²) in [5.74, 6) is 0.0943. The van der Waals surface area contributed by atoms with Crippen molar-refractivity contribution >= 4 is 36.9 Å². The minimum absolute atomic E-state index is 0.0943. The standard InChI is InChI=1S/C31H44N3O4P/c1-7-37-39(36,38-8-2)20-10-9-19-34-23-27(21-25-11-15-29(16-12-25)32(3)4)31(35)28(24-34)22-26-13-17-30(18-14-26)33(5)6/h11-18,21-22H,7-10,19-20,23-24H2,1-6H3/b27-21+,28-22+. The van der Waals surface area contributed by atoms with Gasteiger partial charge in [0.25, 0.3) is 0 Å². The number of likely N-dealkylation sites (tertiary alicyclic amines) is 1. The number of ketones is 1. The first-order valence-electron chi connectivity index (χ1n) is 13.7. The maximum Gasteiger partial charge on any atom is 0.330 e. The minimum Gasteiger partial charge on any atom is -0.378 e. The smallest absolute Gasteiger partial charge is 0.330 e. The molecule has 1 heterocycles. The third kappa shape index (κ3) is 9.18. The quantitative estimate of drug-likeness (QED) is 0.166. The number of Topliss-reactive ketones (excluding diaryl/α,β-unsaturated/α-hetero) is 1. The van der Waals surface area contributed by atoms with Crippen molar-refractivity contribution in [3.63, 3.8) is 0 Å². The van der Waals surface area contributed by atoms with Crippen LogP contribution in [0, 0.1) is 0 Å². The van der Waals surface area contributed by atoms with Gasteiger partial charge in [-0.3, -0.25) is 14.3 Å². The van der Waals surface area contributed by atoms with Crippen LogP contribution in [0.4, 0.5) is 11.4 Å². The van der Waals surface area contributed by atoms with Gasteiger partial charge in [-0.15, -0.1) is 0 Å². The lowest BCUT2D eigenvalue weighted by molar-refractivity contribution is -0.113. The number of carbonyl (C=O) groups excluding carboxylic acids is 1. The Bertz CT molecular complexity index is 1100. The van der Waals surface area contributed by atoms with Crippen LogP contribution in [0.25, 0.3) is 12.2 Å². The number of piperidine rings is 1. The van der Waals surface area contributed by atoms with Gasteiger partial charge in [0.05, 0.1) is 19.4 Å². The molecule has 8 heteroatoms. The minimum atomic E-state index is -3.04. The molecule has 7 nitrogen and oxygen atoms in total. The van der Waals surface area contributed by atoms with Gasteiger partial charge in [-0.05, 0) is 80.8 Å². The lowest BCUT2D eigenvalue weighted by Gasteiger charge is -2.30. The van der Waals surface area contributed by atoms with Crippen molar-refractivity contribution < 1.29 is 18.4 Å². The SMILES string of the molecule is CCOP(=O)(CCCCN1C/C(=C\c2ccc(N(C)C)cc2)C(=O)/C(=C/c2ccc(N(C)C)cc2)C1)OCC. The highest BCUT2D eigenvalue weighted by molar-refractivity contribution is 7.53. The molecule has 3 rings (SSSR count). The molecule has 2 aromatic carbocycles. The van der Waals surface area contributed by atoms with Crippen molar-refractivity contribution in [1.82, 2.24) is 4.90 Å². The van der Waals surface area contributed by atoms with E-state index in [0.29, 0.717) is 32.5 Å². The Labute approximate surface area is 234 Å². The largest absolute Gasteiger partial charge is 0.378 e. The van der Waals surface area contributed by atoms with Crippen molar-refractivity contribution in [2.45, 2.75) is 26.7 Å². The number of nitrogens with zero attached hydrogens (tertiary/aromatic N) is 3. The summed E-state index contributed by atoms with van der Waals surface area (Å²) in [6.45, 7) is 6.37. The summed E-state index contributed by atoms with van der Waals surface area (Å²) in [7, 11) is 5.01. The van der Waals surface area contributed by atoms with Crippen LogP contribution in [0.15, 0.2) is 59.7 Å². The van der Waals surface area contributed by atoms with Gasteiger partial charge in [0.2, 0.25) is 0 Å². The van der Waals surface area contributed by atoms with Gasteiger partial charge in [0.1, 0.15) is 0 Å². The third-order valence-electron chi connectivity index (χ3n) is 6.68. The number of unbranched alkanes of at least 4 members (excludes halogenated alkanes) is 1. The summed E-state index contributed by atoms with van der Waals surface area (Å²) in [6, 6.07) is 16.5. The summed E-state index contributed by atoms with van der Waals surface area (Å²) in [6.07, 6.45) is 6.00. The first-order valence-corrected chi connectivity index (χ1v) is 15.5. The molecule has 1 fully saturated rings. The summed E-state index contributed by atoms with van der Waals surface area (Å²) >= 11 is 0. The van der Waals surface area contributed by atoms with E-state index >= 15 is 0 Å². The van der Waals surface area contributed by atoms with Gasteiger partial charge >= 0.3 is 7.60 Å². The number of hydrogen-bond donors (Lipinski definition) is 0. The first kappa shape index (κ1) is 30.8. The van der Waals surface area contributed by atoms with E-state index in [1.54, 1.807) is 0 Å². The predicted octanol–water partition coefficient (Wildman–Crippen LogP) is 6.22.